The summed E-state index contributed by atoms with van der Waals surface area (Å²) in [6, 6.07) is 9.76. The molecular formula is C16H26N4O. The molecule has 0 aromatic heterocycles. The Balaban J connectivity index is 2.16. The first-order chi connectivity index (χ1) is 10.1. The van der Waals surface area contributed by atoms with E-state index in [1.54, 1.807) is 0 Å². The van der Waals surface area contributed by atoms with E-state index >= 15 is 0 Å². The predicted molar refractivity (Wildman–Crippen MR) is 84.9 cm³/mol. The van der Waals surface area contributed by atoms with Gasteiger partial charge in [0, 0.05) is 38.8 Å². The molecule has 0 saturated carbocycles. The highest BCUT2D eigenvalue weighted by atomic mass is 16.2. The second-order valence-electron chi connectivity index (χ2n) is 5.80. The zero-order valence-electron chi connectivity index (χ0n) is 13.0. The molecule has 1 aromatic carbocycles. The Kier molecular flexibility index (Phi) is 5.73. The van der Waals surface area contributed by atoms with Crippen LogP contribution < -0.4 is 11.1 Å². The number of rotatable bonds is 5. The molecule has 1 aromatic rings. The van der Waals surface area contributed by atoms with Crippen molar-refractivity contribution in [2.45, 2.75) is 19.0 Å². The lowest BCUT2D eigenvalue weighted by Gasteiger charge is -2.37. The van der Waals surface area contributed by atoms with Gasteiger partial charge < -0.3 is 16.0 Å². The van der Waals surface area contributed by atoms with Gasteiger partial charge in [-0.15, -0.1) is 0 Å². The standard InChI is InChI=1S/C16H26N4O/c1-13(12-17)18-16(21)15(14-6-4-3-5-7-14)20-10-8-19(2)9-11-20/h3-7,13,15H,8-12,17H2,1-2H3,(H,18,21)/t13-,15?/m0/s1. The third-order valence-corrected chi connectivity index (χ3v) is 4.01. The van der Waals surface area contributed by atoms with Crippen molar-refractivity contribution in [2.24, 2.45) is 5.73 Å². The normalized spacial score (nSPS) is 20.0. The summed E-state index contributed by atoms with van der Waals surface area (Å²) in [7, 11) is 2.12. The molecule has 0 bridgehead atoms. The molecule has 0 aliphatic carbocycles. The third-order valence-electron chi connectivity index (χ3n) is 4.01. The molecule has 1 heterocycles. The van der Waals surface area contributed by atoms with Crippen LogP contribution in [0.5, 0.6) is 0 Å². The number of likely N-dealkylation sites (N-methyl/N-ethyl adjacent to an activating group) is 1. The number of amides is 1. The van der Waals surface area contributed by atoms with E-state index in [9.17, 15) is 4.79 Å². The van der Waals surface area contributed by atoms with Gasteiger partial charge in [0.25, 0.3) is 0 Å². The summed E-state index contributed by atoms with van der Waals surface area (Å²) in [4.78, 5) is 17.2. The van der Waals surface area contributed by atoms with E-state index in [0.29, 0.717) is 6.54 Å². The highest BCUT2D eigenvalue weighted by Crippen LogP contribution is 2.22. The number of hydrogen-bond donors (Lipinski definition) is 2. The average molecular weight is 290 g/mol. The lowest BCUT2D eigenvalue weighted by Crippen LogP contribution is -2.51. The number of nitrogens with zero attached hydrogens (tertiary/aromatic N) is 2. The van der Waals surface area contributed by atoms with E-state index in [4.69, 9.17) is 5.73 Å². The van der Waals surface area contributed by atoms with E-state index in [0.717, 1.165) is 31.7 Å². The van der Waals surface area contributed by atoms with E-state index in [2.05, 4.69) is 22.2 Å². The van der Waals surface area contributed by atoms with Crippen molar-refractivity contribution in [1.29, 1.82) is 0 Å². The maximum atomic E-state index is 12.7. The van der Waals surface area contributed by atoms with Gasteiger partial charge >= 0.3 is 0 Å². The maximum absolute atomic E-state index is 12.7. The average Bonchev–Trinajstić information content (AvgIpc) is 2.50. The fourth-order valence-corrected chi connectivity index (χ4v) is 2.62. The van der Waals surface area contributed by atoms with Crippen molar-refractivity contribution >= 4 is 5.91 Å². The van der Waals surface area contributed by atoms with Crippen LogP contribution >= 0.6 is 0 Å². The van der Waals surface area contributed by atoms with E-state index in [1.807, 2.05) is 37.3 Å². The second-order valence-corrected chi connectivity index (χ2v) is 5.80. The summed E-state index contributed by atoms with van der Waals surface area (Å²) in [6.45, 7) is 6.17. The predicted octanol–water partition coefficient (Wildman–Crippen LogP) is 0.439. The first-order valence-electron chi connectivity index (χ1n) is 7.60. The Morgan fingerprint density at radius 2 is 1.86 bits per heavy atom. The zero-order chi connectivity index (χ0) is 15.2. The van der Waals surface area contributed by atoms with Gasteiger partial charge in [-0.2, -0.15) is 0 Å². The first kappa shape index (κ1) is 15.9. The summed E-state index contributed by atoms with van der Waals surface area (Å²) < 4.78 is 0. The SMILES string of the molecule is C[C@@H](CN)NC(=O)C(c1ccccc1)N1CCN(C)CC1. The molecule has 5 heteroatoms. The Labute approximate surface area is 127 Å². The van der Waals surface area contributed by atoms with Gasteiger partial charge in [0.05, 0.1) is 0 Å². The van der Waals surface area contributed by atoms with Crippen LogP contribution in [0.3, 0.4) is 0 Å². The number of hydrogen-bond acceptors (Lipinski definition) is 4. The van der Waals surface area contributed by atoms with Crippen molar-refractivity contribution in [3.05, 3.63) is 35.9 Å². The molecule has 0 radical (unpaired) electrons. The number of nitrogens with two attached hydrogens (primary N) is 1. The van der Waals surface area contributed by atoms with Crippen LogP contribution in [0.2, 0.25) is 0 Å². The fraction of sp³-hybridized carbons (Fsp3) is 0.562. The summed E-state index contributed by atoms with van der Waals surface area (Å²) in [5.74, 6) is 0.0451. The van der Waals surface area contributed by atoms with E-state index < -0.39 is 0 Å². The first-order valence-corrected chi connectivity index (χ1v) is 7.60. The molecule has 3 N–H and O–H groups in total. The quantitative estimate of drug-likeness (QED) is 0.826. The molecule has 1 saturated heterocycles. The number of benzene rings is 1. The lowest BCUT2D eigenvalue weighted by molar-refractivity contribution is -0.128. The van der Waals surface area contributed by atoms with Gasteiger partial charge in [0.2, 0.25) is 5.91 Å². The van der Waals surface area contributed by atoms with Crippen molar-refractivity contribution in [3.8, 4) is 0 Å². The Morgan fingerprint density at radius 1 is 1.24 bits per heavy atom. The number of carbonyl (C=O) groups excluding carboxylic acids is 1. The smallest absolute Gasteiger partial charge is 0.242 e. The molecule has 0 spiro atoms. The molecule has 1 amide bonds. The molecule has 2 rings (SSSR count). The molecule has 1 aliphatic rings. The Hall–Kier alpha value is -1.43. The van der Waals surface area contributed by atoms with Crippen LogP contribution in [-0.4, -0.2) is 61.5 Å². The maximum Gasteiger partial charge on any atom is 0.242 e. The summed E-state index contributed by atoms with van der Waals surface area (Å²) >= 11 is 0. The number of carbonyl (C=O) groups is 1. The van der Waals surface area contributed by atoms with Gasteiger partial charge in [0.1, 0.15) is 6.04 Å². The highest BCUT2D eigenvalue weighted by Gasteiger charge is 2.30. The van der Waals surface area contributed by atoms with Crippen LogP contribution in [0.1, 0.15) is 18.5 Å². The fourth-order valence-electron chi connectivity index (χ4n) is 2.62. The molecule has 116 valence electrons. The molecular weight excluding hydrogens is 264 g/mol. The van der Waals surface area contributed by atoms with Gasteiger partial charge in [-0.05, 0) is 19.5 Å². The van der Waals surface area contributed by atoms with E-state index in [-0.39, 0.29) is 18.0 Å². The molecule has 5 nitrogen and oxygen atoms in total. The second kappa shape index (κ2) is 7.54. The van der Waals surface area contributed by atoms with Crippen LogP contribution in [-0.2, 0) is 4.79 Å². The molecule has 1 fully saturated rings. The van der Waals surface area contributed by atoms with E-state index in [1.165, 1.54) is 0 Å². The summed E-state index contributed by atoms with van der Waals surface area (Å²) in [6.07, 6.45) is 0. The van der Waals surface area contributed by atoms with Crippen LogP contribution in [0.25, 0.3) is 0 Å². The van der Waals surface area contributed by atoms with Crippen molar-refractivity contribution in [3.63, 3.8) is 0 Å². The molecule has 1 unspecified atom stereocenters. The highest BCUT2D eigenvalue weighted by molar-refractivity contribution is 5.83. The van der Waals surface area contributed by atoms with Crippen molar-refractivity contribution in [2.75, 3.05) is 39.8 Å². The van der Waals surface area contributed by atoms with Crippen LogP contribution in [0, 0.1) is 0 Å². The lowest BCUT2D eigenvalue weighted by atomic mass is 10.0. The minimum Gasteiger partial charge on any atom is -0.351 e. The van der Waals surface area contributed by atoms with Gasteiger partial charge in [-0.3, -0.25) is 9.69 Å². The van der Waals surface area contributed by atoms with Gasteiger partial charge in [-0.1, -0.05) is 30.3 Å². The van der Waals surface area contributed by atoms with Crippen molar-refractivity contribution in [1.82, 2.24) is 15.1 Å². The van der Waals surface area contributed by atoms with Gasteiger partial charge in [-0.25, -0.2) is 0 Å². The van der Waals surface area contributed by atoms with Crippen molar-refractivity contribution < 1.29 is 4.79 Å². The van der Waals surface area contributed by atoms with Gasteiger partial charge in [0.15, 0.2) is 0 Å². The number of piperazine rings is 1. The minimum atomic E-state index is -0.228. The zero-order valence-corrected chi connectivity index (χ0v) is 13.0. The van der Waals surface area contributed by atoms with Crippen LogP contribution in [0.15, 0.2) is 30.3 Å². The molecule has 21 heavy (non-hydrogen) atoms. The summed E-state index contributed by atoms with van der Waals surface area (Å²) in [5.41, 5.74) is 6.67. The topological polar surface area (TPSA) is 61.6 Å². The third kappa shape index (κ3) is 4.27. The molecule has 1 aliphatic heterocycles. The largest absolute Gasteiger partial charge is 0.351 e. The minimum absolute atomic E-state index is 0.00354. The Bertz CT molecular complexity index is 443. The summed E-state index contributed by atoms with van der Waals surface area (Å²) in [5, 5.41) is 3.02. The Morgan fingerprint density at radius 3 is 2.43 bits per heavy atom. The molecule has 2 atom stereocenters. The monoisotopic (exact) mass is 290 g/mol. The van der Waals surface area contributed by atoms with Crippen LogP contribution in [0.4, 0.5) is 0 Å². The number of nitrogens with one attached hydrogen (secondary N) is 1.